The van der Waals surface area contributed by atoms with Gasteiger partial charge in [-0.05, 0) is 42.2 Å². The maximum Gasteiger partial charge on any atom is 0.407 e. The molecule has 5 unspecified atom stereocenters. The molecular formula is C41H56N6O9. The number of ether oxygens (including phenoxy) is 2. The highest BCUT2D eigenvalue weighted by Gasteiger charge is 2.45. The zero-order chi connectivity index (χ0) is 40.6. The smallest absolute Gasteiger partial charge is 0.407 e. The van der Waals surface area contributed by atoms with Crippen LogP contribution in [0.1, 0.15) is 89.3 Å². The number of nitrogens with one attached hydrogen (secondary N) is 4. The first-order chi connectivity index (χ1) is 26.9. The van der Waals surface area contributed by atoms with Gasteiger partial charge in [-0.3, -0.25) is 28.8 Å². The van der Waals surface area contributed by atoms with Gasteiger partial charge in [0, 0.05) is 13.0 Å². The van der Waals surface area contributed by atoms with Gasteiger partial charge in [0.1, 0.15) is 18.1 Å². The summed E-state index contributed by atoms with van der Waals surface area (Å²) in [6.07, 6.45) is 3.63. The molecule has 0 radical (unpaired) electrons. The molecule has 15 heteroatoms. The van der Waals surface area contributed by atoms with Crippen LogP contribution in [0.3, 0.4) is 0 Å². The van der Waals surface area contributed by atoms with E-state index in [-0.39, 0.29) is 44.4 Å². The van der Waals surface area contributed by atoms with E-state index in [1.807, 2.05) is 44.2 Å². The second kappa shape index (κ2) is 21.7. The number of Topliss-reactive ketones (excluding diaryl/α,β-unsaturated/α-hetero) is 1. The molecule has 2 aromatic rings. The highest BCUT2D eigenvalue weighted by molar-refractivity contribution is 6.38. The Kier molecular flexibility index (Phi) is 16.8. The molecule has 1 saturated carbocycles. The lowest BCUT2D eigenvalue weighted by atomic mass is 9.83. The van der Waals surface area contributed by atoms with E-state index in [1.165, 1.54) is 4.90 Å². The number of nitrogens with zero attached hydrogens (tertiary/aromatic N) is 1. The number of primary amides is 1. The highest BCUT2D eigenvalue weighted by atomic mass is 16.5. The van der Waals surface area contributed by atoms with Crippen molar-refractivity contribution in [3.63, 3.8) is 0 Å². The van der Waals surface area contributed by atoms with Gasteiger partial charge in [-0.15, -0.1) is 0 Å². The number of carbonyl (C=O) groups excluding carboxylic acids is 7. The Morgan fingerprint density at radius 2 is 1.54 bits per heavy atom. The fourth-order valence-electron chi connectivity index (χ4n) is 7.04. The minimum atomic E-state index is -1.27. The van der Waals surface area contributed by atoms with Gasteiger partial charge in [0.15, 0.2) is 0 Å². The number of ketones is 1. The lowest BCUT2D eigenvalue weighted by Gasteiger charge is -2.34. The molecule has 1 heterocycles. The summed E-state index contributed by atoms with van der Waals surface area (Å²) < 4.78 is 11.6. The average Bonchev–Trinajstić information content (AvgIpc) is 3.64. The van der Waals surface area contributed by atoms with E-state index in [0.29, 0.717) is 12.0 Å². The van der Waals surface area contributed by atoms with Gasteiger partial charge in [-0.2, -0.15) is 0 Å². The van der Waals surface area contributed by atoms with Crippen molar-refractivity contribution in [2.75, 3.05) is 19.7 Å². The maximum atomic E-state index is 14.5. The van der Waals surface area contributed by atoms with Crippen molar-refractivity contribution in [3.8, 4) is 0 Å². The molecule has 6 amide bonds. The molecule has 1 aliphatic carbocycles. The third kappa shape index (κ3) is 12.9. The monoisotopic (exact) mass is 776 g/mol. The van der Waals surface area contributed by atoms with Crippen LogP contribution in [0.15, 0.2) is 60.7 Å². The average molecular weight is 777 g/mol. The number of alkyl carbamates (subject to hydrolysis) is 1. The largest absolute Gasteiger partial charge is 0.449 e. The van der Waals surface area contributed by atoms with Crippen LogP contribution in [0.2, 0.25) is 0 Å². The Morgan fingerprint density at radius 1 is 0.875 bits per heavy atom. The molecule has 2 aliphatic rings. The summed E-state index contributed by atoms with van der Waals surface area (Å²) in [6.45, 7) is 5.44. The van der Waals surface area contributed by atoms with Crippen molar-refractivity contribution in [3.05, 3.63) is 71.8 Å². The number of likely N-dealkylation sites (tertiary alicyclic amines) is 1. The molecule has 1 aliphatic heterocycles. The van der Waals surface area contributed by atoms with Gasteiger partial charge in [0.2, 0.25) is 29.4 Å². The zero-order valence-corrected chi connectivity index (χ0v) is 32.5. The number of nitrogens with two attached hydrogens (primary N) is 1. The predicted octanol–water partition coefficient (Wildman–Crippen LogP) is 2.82. The van der Waals surface area contributed by atoms with E-state index in [1.54, 1.807) is 37.3 Å². The van der Waals surface area contributed by atoms with E-state index in [9.17, 15) is 33.6 Å². The van der Waals surface area contributed by atoms with E-state index in [0.717, 1.165) is 37.7 Å². The summed E-state index contributed by atoms with van der Waals surface area (Å²) >= 11 is 0. The summed E-state index contributed by atoms with van der Waals surface area (Å²) in [5, 5.41) is 10.2. The molecule has 304 valence electrons. The normalized spacial score (nSPS) is 18.6. The van der Waals surface area contributed by atoms with Crippen LogP contribution in [0.4, 0.5) is 4.79 Å². The lowest BCUT2D eigenvalue weighted by Crippen LogP contribution is -2.58. The third-order valence-electron chi connectivity index (χ3n) is 9.95. The minimum absolute atomic E-state index is 0.0625. The lowest BCUT2D eigenvalue weighted by molar-refractivity contribution is -0.143. The first-order valence-electron chi connectivity index (χ1n) is 19.5. The SMILES string of the molecule is CCCC(NC(=O)C1CC(OCc2ccccc2)CN1C(=O)C(NC(=O)OCC(C)C)C1CCCCC1)C(=O)C(=O)NCC(=O)NC(C(N)=O)c1ccccc1. The molecule has 0 aromatic heterocycles. The fourth-order valence-corrected chi connectivity index (χ4v) is 7.04. The molecule has 5 atom stereocenters. The number of hydrogen-bond acceptors (Lipinski definition) is 9. The molecule has 56 heavy (non-hydrogen) atoms. The van der Waals surface area contributed by atoms with E-state index >= 15 is 0 Å². The van der Waals surface area contributed by atoms with Crippen LogP contribution >= 0.6 is 0 Å². The van der Waals surface area contributed by atoms with Crippen molar-refractivity contribution in [2.45, 2.75) is 109 Å². The third-order valence-corrected chi connectivity index (χ3v) is 9.95. The molecular weight excluding hydrogens is 720 g/mol. The number of hydrogen-bond donors (Lipinski definition) is 5. The van der Waals surface area contributed by atoms with Crippen molar-refractivity contribution >= 4 is 41.4 Å². The summed E-state index contributed by atoms with van der Waals surface area (Å²) in [5.41, 5.74) is 6.83. The molecule has 1 saturated heterocycles. The fraction of sp³-hybridized carbons (Fsp3) is 0.537. The van der Waals surface area contributed by atoms with Gasteiger partial charge < -0.3 is 41.4 Å². The zero-order valence-electron chi connectivity index (χ0n) is 32.5. The molecule has 2 aromatic carbocycles. The minimum Gasteiger partial charge on any atom is -0.449 e. The van der Waals surface area contributed by atoms with Crippen LogP contribution in [-0.2, 0) is 44.8 Å². The topological polar surface area (TPSA) is 215 Å². The highest BCUT2D eigenvalue weighted by Crippen LogP contribution is 2.30. The molecule has 4 rings (SSSR count). The summed E-state index contributed by atoms with van der Waals surface area (Å²) in [5.74, 6) is -4.84. The van der Waals surface area contributed by atoms with Crippen LogP contribution in [0.25, 0.3) is 0 Å². The number of amides is 6. The summed E-state index contributed by atoms with van der Waals surface area (Å²) in [7, 11) is 0. The van der Waals surface area contributed by atoms with Gasteiger partial charge in [-0.1, -0.05) is 107 Å². The Labute approximate surface area is 328 Å². The van der Waals surface area contributed by atoms with Crippen LogP contribution < -0.4 is 27.0 Å². The quantitative estimate of drug-likeness (QED) is 0.133. The first-order valence-corrected chi connectivity index (χ1v) is 19.5. The van der Waals surface area contributed by atoms with Crippen LogP contribution in [0, 0.1) is 11.8 Å². The summed E-state index contributed by atoms with van der Waals surface area (Å²) in [6, 6.07) is 13.3. The standard InChI is InChI=1S/C41H56N6O9/c1-4-14-31(36(49)39(52)43-22-33(48)45-34(37(42)50)28-17-10-6-11-18-28)44-38(51)32-21-30(55-25-27-15-8-5-9-16-27)23-47(32)40(53)35(29-19-12-7-13-20-29)46-41(54)56-24-26(2)3/h5-6,8-11,15-18,26,29-32,34-35H,4,7,12-14,19-25H2,1-3H3,(H2,42,50)(H,43,52)(H,44,51)(H,45,48)(H,46,54). The molecule has 15 nitrogen and oxygen atoms in total. The van der Waals surface area contributed by atoms with Gasteiger partial charge >= 0.3 is 6.09 Å². The van der Waals surface area contributed by atoms with Crippen molar-refractivity contribution in [1.29, 1.82) is 0 Å². The van der Waals surface area contributed by atoms with Crippen molar-refractivity contribution in [2.24, 2.45) is 17.6 Å². The van der Waals surface area contributed by atoms with E-state index in [4.69, 9.17) is 15.2 Å². The van der Waals surface area contributed by atoms with Crippen LogP contribution in [0.5, 0.6) is 0 Å². The van der Waals surface area contributed by atoms with Gasteiger partial charge in [0.05, 0.1) is 31.9 Å². The second-order valence-electron chi connectivity index (χ2n) is 14.9. The molecule has 0 bridgehead atoms. The molecule has 2 fully saturated rings. The Morgan fingerprint density at radius 3 is 2.16 bits per heavy atom. The van der Waals surface area contributed by atoms with Crippen molar-refractivity contribution in [1.82, 2.24) is 26.2 Å². The first kappa shape index (κ1) is 43.4. The van der Waals surface area contributed by atoms with Crippen molar-refractivity contribution < 1.29 is 43.0 Å². The maximum absolute atomic E-state index is 14.5. The Hall–Kier alpha value is -5.31. The van der Waals surface area contributed by atoms with E-state index in [2.05, 4.69) is 21.3 Å². The number of rotatable bonds is 19. The van der Waals surface area contributed by atoms with Gasteiger partial charge in [0.25, 0.3) is 5.91 Å². The molecule has 0 spiro atoms. The number of carbonyl (C=O) groups is 7. The molecule has 6 N–H and O–H groups in total. The van der Waals surface area contributed by atoms with Crippen LogP contribution in [-0.4, -0.2) is 90.2 Å². The summed E-state index contributed by atoms with van der Waals surface area (Å²) in [4.78, 5) is 94.1. The van der Waals surface area contributed by atoms with Gasteiger partial charge in [-0.25, -0.2) is 4.79 Å². The number of benzene rings is 2. The second-order valence-corrected chi connectivity index (χ2v) is 14.9. The Balaban J connectivity index is 1.48. The van der Waals surface area contributed by atoms with E-state index < -0.39 is 78.2 Å². The predicted molar refractivity (Wildman–Crippen MR) is 206 cm³/mol. The Bertz CT molecular complexity index is 1650.